The van der Waals surface area contributed by atoms with Gasteiger partial charge in [0, 0.05) is 0 Å². The summed E-state index contributed by atoms with van der Waals surface area (Å²) in [5.74, 6) is -0.483. The van der Waals surface area contributed by atoms with Gasteiger partial charge in [0.15, 0.2) is 11.6 Å². The molecule has 1 aliphatic rings. The molecule has 1 aromatic heterocycles. The molecule has 2 heterocycles. The minimum atomic E-state index is -4.68. The van der Waals surface area contributed by atoms with Gasteiger partial charge in [-0.1, -0.05) is 6.07 Å². The normalized spacial score (nSPS) is 17.4. The van der Waals surface area contributed by atoms with Crippen molar-refractivity contribution in [2.45, 2.75) is 12.2 Å². The van der Waals surface area contributed by atoms with Gasteiger partial charge in [0.1, 0.15) is 12.4 Å². The summed E-state index contributed by atoms with van der Waals surface area (Å²) in [6.45, 7) is -0.0767. The third-order valence-corrected chi connectivity index (χ3v) is 3.32. The summed E-state index contributed by atoms with van der Waals surface area (Å²) in [7, 11) is 0. The molecular formula is C13H8ClF4N3O. The Morgan fingerprint density at radius 1 is 1.32 bits per heavy atom. The number of aromatic nitrogens is 2. The number of hydrogen-bond acceptors (Lipinski definition) is 4. The quantitative estimate of drug-likeness (QED) is 0.636. The van der Waals surface area contributed by atoms with Gasteiger partial charge in [-0.25, -0.2) is 9.37 Å². The molecule has 4 nitrogen and oxygen atoms in total. The average Bonchev–Trinajstić information content (AvgIpc) is 2.45. The second-order valence-electron chi connectivity index (χ2n) is 4.59. The Morgan fingerprint density at radius 3 is 2.82 bits per heavy atom. The van der Waals surface area contributed by atoms with Crippen LogP contribution in [-0.4, -0.2) is 16.6 Å². The Labute approximate surface area is 127 Å². The van der Waals surface area contributed by atoms with E-state index in [0.29, 0.717) is 6.07 Å². The molecule has 0 saturated heterocycles. The standard InChI is InChI=1S/C13H8ClF4N3O/c14-12-19-4-10-11(21-12)20-9(5-22-10)7-2-1-6(15)3-8(7)13(16,17)18/h1-4,9H,5H2,(H,19,20,21). The van der Waals surface area contributed by atoms with Crippen molar-refractivity contribution in [1.82, 2.24) is 9.97 Å². The number of ether oxygens (including phenoxy) is 1. The van der Waals surface area contributed by atoms with E-state index in [9.17, 15) is 17.6 Å². The lowest BCUT2D eigenvalue weighted by Crippen LogP contribution is -2.27. The number of nitrogens with one attached hydrogen (secondary N) is 1. The summed E-state index contributed by atoms with van der Waals surface area (Å²) in [5, 5.41) is 2.74. The molecule has 116 valence electrons. The highest BCUT2D eigenvalue weighted by atomic mass is 35.5. The molecule has 1 aromatic carbocycles. The molecule has 1 unspecified atom stereocenters. The van der Waals surface area contributed by atoms with Crippen LogP contribution in [0.4, 0.5) is 23.4 Å². The zero-order valence-corrected chi connectivity index (χ0v) is 11.5. The number of alkyl halides is 3. The molecule has 2 aromatic rings. The van der Waals surface area contributed by atoms with Crippen molar-refractivity contribution in [3.8, 4) is 5.75 Å². The first-order valence-corrected chi connectivity index (χ1v) is 6.51. The average molecular weight is 334 g/mol. The summed E-state index contributed by atoms with van der Waals surface area (Å²) in [6, 6.07) is 1.66. The van der Waals surface area contributed by atoms with E-state index in [0.717, 1.165) is 12.1 Å². The summed E-state index contributed by atoms with van der Waals surface area (Å²) in [6.07, 6.45) is -3.36. The minimum Gasteiger partial charge on any atom is -0.486 e. The van der Waals surface area contributed by atoms with Crippen molar-refractivity contribution >= 4 is 17.4 Å². The Morgan fingerprint density at radius 2 is 2.09 bits per heavy atom. The van der Waals surface area contributed by atoms with Crippen molar-refractivity contribution < 1.29 is 22.3 Å². The molecule has 9 heteroatoms. The van der Waals surface area contributed by atoms with Crippen LogP contribution in [0.2, 0.25) is 5.28 Å². The SMILES string of the molecule is Fc1ccc(C2COc3cnc(Cl)nc3N2)c(C(F)(F)F)c1. The third kappa shape index (κ3) is 2.78. The molecule has 0 saturated carbocycles. The van der Waals surface area contributed by atoms with E-state index in [4.69, 9.17) is 16.3 Å². The van der Waals surface area contributed by atoms with Gasteiger partial charge >= 0.3 is 6.18 Å². The first kappa shape index (κ1) is 14.8. The Balaban J connectivity index is 1.99. The number of nitrogens with zero attached hydrogens (tertiary/aromatic N) is 2. The van der Waals surface area contributed by atoms with Crippen LogP contribution in [0, 0.1) is 5.82 Å². The van der Waals surface area contributed by atoms with E-state index >= 15 is 0 Å². The number of hydrogen-bond donors (Lipinski definition) is 1. The van der Waals surface area contributed by atoms with E-state index in [1.165, 1.54) is 6.20 Å². The topological polar surface area (TPSA) is 47.0 Å². The lowest BCUT2D eigenvalue weighted by molar-refractivity contribution is -0.138. The van der Waals surface area contributed by atoms with Gasteiger partial charge in [0.05, 0.1) is 17.8 Å². The molecule has 0 spiro atoms. The molecular weight excluding hydrogens is 326 g/mol. The van der Waals surface area contributed by atoms with Gasteiger partial charge in [-0.2, -0.15) is 18.2 Å². The summed E-state index contributed by atoms with van der Waals surface area (Å²) in [5.41, 5.74) is -1.19. The van der Waals surface area contributed by atoms with E-state index in [1.54, 1.807) is 0 Å². The van der Waals surface area contributed by atoms with Crippen molar-refractivity contribution in [1.29, 1.82) is 0 Å². The first-order valence-electron chi connectivity index (χ1n) is 6.13. The molecule has 1 atom stereocenters. The predicted molar refractivity (Wildman–Crippen MR) is 70.3 cm³/mol. The maximum Gasteiger partial charge on any atom is 0.416 e. The maximum absolute atomic E-state index is 13.1. The Bertz CT molecular complexity index is 723. The fraction of sp³-hybridized carbons (Fsp3) is 0.231. The van der Waals surface area contributed by atoms with Gasteiger partial charge in [-0.05, 0) is 29.3 Å². The third-order valence-electron chi connectivity index (χ3n) is 3.14. The van der Waals surface area contributed by atoms with Gasteiger partial charge in [-0.3, -0.25) is 0 Å². The van der Waals surface area contributed by atoms with Crippen molar-refractivity contribution in [2.24, 2.45) is 0 Å². The van der Waals surface area contributed by atoms with Crippen LogP contribution in [0.1, 0.15) is 17.2 Å². The number of benzene rings is 1. The van der Waals surface area contributed by atoms with Crippen LogP contribution in [0.5, 0.6) is 5.75 Å². The zero-order valence-electron chi connectivity index (χ0n) is 10.8. The molecule has 0 aliphatic carbocycles. The number of fused-ring (bicyclic) bond motifs is 1. The summed E-state index contributed by atoms with van der Waals surface area (Å²) >= 11 is 5.65. The van der Waals surface area contributed by atoms with E-state index < -0.39 is 23.6 Å². The smallest absolute Gasteiger partial charge is 0.416 e. The van der Waals surface area contributed by atoms with Gasteiger partial charge in [0.25, 0.3) is 0 Å². The maximum atomic E-state index is 13.1. The van der Waals surface area contributed by atoms with Crippen LogP contribution >= 0.6 is 11.6 Å². The second-order valence-corrected chi connectivity index (χ2v) is 4.93. The van der Waals surface area contributed by atoms with Crippen LogP contribution in [0.15, 0.2) is 24.4 Å². The zero-order chi connectivity index (χ0) is 15.9. The predicted octanol–water partition coefficient (Wildman–Crippen LogP) is 3.83. The number of halogens is 5. The highest BCUT2D eigenvalue weighted by molar-refractivity contribution is 6.28. The fourth-order valence-corrected chi connectivity index (χ4v) is 2.32. The van der Waals surface area contributed by atoms with E-state index in [2.05, 4.69) is 15.3 Å². The molecule has 0 amide bonds. The van der Waals surface area contributed by atoms with Crippen LogP contribution in [0.25, 0.3) is 0 Å². The highest BCUT2D eigenvalue weighted by Crippen LogP contribution is 2.39. The summed E-state index contributed by atoms with van der Waals surface area (Å²) < 4.78 is 57.7. The van der Waals surface area contributed by atoms with Crippen molar-refractivity contribution in [2.75, 3.05) is 11.9 Å². The largest absolute Gasteiger partial charge is 0.486 e. The molecule has 1 N–H and O–H groups in total. The van der Waals surface area contributed by atoms with Crippen LogP contribution in [-0.2, 0) is 6.18 Å². The number of rotatable bonds is 1. The lowest BCUT2D eigenvalue weighted by atomic mass is 9.99. The lowest BCUT2D eigenvalue weighted by Gasteiger charge is -2.28. The molecule has 1 aliphatic heterocycles. The molecule has 0 radical (unpaired) electrons. The highest BCUT2D eigenvalue weighted by Gasteiger charge is 2.37. The summed E-state index contributed by atoms with van der Waals surface area (Å²) in [4.78, 5) is 7.58. The van der Waals surface area contributed by atoms with E-state index in [1.807, 2.05) is 0 Å². The van der Waals surface area contributed by atoms with Crippen LogP contribution in [0.3, 0.4) is 0 Å². The minimum absolute atomic E-state index is 0.0642. The first-order chi connectivity index (χ1) is 10.3. The molecule has 22 heavy (non-hydrogen) atoms. The van der Waals surface area contributed by atoms with Gasteiger partial charge in [0.2, 0.25) is 5.28 Å². The molecule has 3 rings (SSSR count). The van der Waals surface area contributed by atoms with Gasteiger partial charge < -0.3 is 10.1 Å². The second kappa shape index (κ2) is 5.28. The van der Waals surface area contributed by atoms with E-state index in [-0.39, 0.29) is 29.0 Å². The molecule has 0 bridgehead atoms. The van der Waals surface area contributed by atoms with Crippen molar-refractivity contribution in [3.05, 3.63) is 46.6 Å². The molecule has 0 fully saturated rings. The van der Waals surface area contributed by atoms with Crippen LogP contribution < -0.4 is 10.1 Å². The Kier molecular flexibility index (Phi) is 3.56. The Hall–Kier alpha value is -2.09. The van der Waals surface area contributed by atoms with Gasteiger partial charge in [-0.15, -0.1) is 0 Å². The fourth-order valence-electron chi connectivity index (χ4n) is 2.18. The monoisotopic (exact) mass is 333 g/mol. The number of anilines is 1. The van der Waals surface area contributed by atoms with Crippen molar-refractivity contribution in [3.63, 3.8) is 0 Å².